The molecule has 0 rings (SSSR count). The average Bonchev–Trinajstić information content (AvgIpc) is 3.34. The molecule has 0 heterocycles. The van der Waals surface area contributed by atoms with Gasteiger partial charge in [-0.1, -0.05) is 219 Å². The van der Waals surface area contributed by atoms with E-state index >= 15 is 0 Å². The fourth-order valence-corrected chi connectivity index (χ4v) is 7.10. The second-order valence-corrected chi connectivity index (χ2v) is 17.7. The average molecular weight is 940 g/mol. The van der Waals surface area contributed by atoms with Gasteiger partial charge in [0.15, 0.2) is 6.10 Å². The number of esters is 2. The van der Waals surface area contributed by atoms with E-state index in [2.05, 4.69) is 154 Å². The standard InChI is InChI=1S/C63H102O5/c1-4-7-10-13-16-19-22-25-28-30-31-32-34-37-40-43-46-49-52-55-58-66-59-61(68-63(65)57-54-51-48-45-42-39-35-27-24-21-18-15-12-9-6-3)60-67-62(64)56-53-50-47-44-41-38-36-33-29-26-23-20-17-14-11-8-5-2/h7-8,10-11,16-17,19-20,25-29,31-32,35-38,40,46,49,61H,4-6,9,12-15,18,21-24,30,33-34,39,41-45,47-48,50-60H2,1-3H3/b10-7-,11-8-,19-16-,20-17-,28-25-,29-26-,32-31-,35-27-,38-36-,40-37-,49-46-. The van der Waals surface area contributed by atoms with Gasteiger partial charge < -0.3 is 14.2 Å². The van der Waals surface area contributed by atoms with Crippen LogP contribution in [0.3, 0.4) is 0 Å². The Kier molecular flexibility index (Phi) is 54.0. The van der Waals surface area contributed by atoms with Gasteiger partial charge in [0.25, 0.3) is 0 Å². The minimum absolute atomic E-state index is 0.0376. The van der Waals surface area contributed by atoms with Crippen LogP contribution in [0.15, 0.2) is 134 Å². The summed E-state index contributed by atoms with van der Waals surface area (Å²) in [7, 11) is 0. The second-order valence-electron chi connectivity index (χ2n) is 17.7. The molecule has 0 amide bonds. The van der Waals surface area contributed by atoms with Crippen LogP contribution in [0.1, 0.15) is 226 Å². The van der Waals surface area contributed by atoms with Crippen molar-refractivity contribution in [2.75, 3.05) is 19.8 Å². The minimum atomic E-state index is -0.591. The lowest BCUT2D eigenvalue weighted by molar-refractivity contribution is -0.163. The zero-order valence-electron chi connectivity index (χ0n) is 44.1. The zero-order valence-corrected chi connectivity index (χ0v) is 44.1. The Morgan fingerprint density at radius 2 is 0.662 bits per heavy atom. The number of hydrogen-bond donors (Lipinski definition) is 0. The predicted molar refractivity (Wildman–Crippen MR) is 297 cm³/mol. The summed E-state index contributed by atoms with van der Waals surface area (Å²) >= 11 is 0. The molecule has 5 heteroatoms. The largest absolute Gasteiger partial charge is 0.462 e. The first-order valence-corrected chi connectivity index (χ1v) is 27.7. The van der Waals surface area contributed by atoms with E-state index in [4.69, 9.17) is 14.2 Å². The number of hydrogen-bond acceptors (Lipinski definition) is 5. The van der Waals surface area contributed by atoms with Crippen LogP contribution in [0.5, 0.6) is 0 Å². The van der Waals surface area contributed by atoms with Crippen LogP contribution in [-0.4, -0.2) is 37.9 Å². The Morgan fingerprint density at radius 1 is 0.338 bits per heavy atom. The van der Waals surface area contributed by atoms with Gasteiger partial charge in [0.05, 0.1) is 6.61 Å². The van der Waals surface area contributed by atoms with E-state index in [9.17, 15) is 9.59 Å². The fraction of sp³-hybridized carbons (Fsp3) is 0.619. The molecule has 0 bridgehead atoms. The number of carbonyl (C=O) groups is 2. The van der Waals surface area contributed by atoms with Gasteiger partial charge in [-0.25, -0.2) is 0 Å². The van der Waals surface area contributed by atoms with Gasteiger partial charge in [-0.3, -0.25) is 9.59 Å². The van der Waals surface area contributed by atoms with Crippen LogP contribution < -0.4 is 0 Å². The summed E-state index contributed by atoms with van der Waals surface area (Å²) in [5.41, 5.74) is 0. The van der Waals surface area contributed by atoms with Crippen LogP contribution in [0.2, 0.25) is 0 Å². The third kappa shape index (κ3) is 54.6. The topological polar surface area (TPSA) is 61.8 Å². The molecule has 0 aromatic rings. The molecule has 0 radical (unpaired) electrons. The first kappa shape index (κ1) is 64.0. The SMILES string of the molecule is CC/C=C\C/C=C\C/C=C\C/C=C\C/C=C\C/C=C\CCCOCC(COC(=O)CCCCCC/C=C\C/C=C\C/C=C\C/C=C\CC)OC(=O)CCCCCCC/C=C\CCCCCCCC. The van der Waals surface area contributed by atoms with Crippen molar-refractivity contribution < 1.29 is 23.8 Å². The molecule has 1 unspecified atom stereocenters. The first-order valence-electron chi connectivity index (χ1n) is 27.7. The molecular formula is C63H102O5. The summed E-state index contributed by atoms with van der Waals surface area (Å²) in [5.74, 6) is -0.474. The van der Waals surface area contributed by atoms with Crippen LogP contribution >= 0.6 is 0 Å². The summed E-state index contributed by atoms with van der Waals surface area (Å²) in [6, 6.07) is 0. The third-order valence-corrected chi connectivity index (χ3v) is 11.2. The van der Waals surface area contributed by atoms with Gasteiger partial charge in [-0.05, 0) is 128 Å². The minimum Gasteiger partial charge on any atom is -0.462 e. The van der Waals surface area contributed by atoms with Crippen LogP contribution in [0, 0.1) is 0 Å². The molecule has 0 aliphatic rings. The Hall–Kier alpha value is -3.96. The van der Waals surface area contributed by atoms with E-state index in [-0.39, 0.29) is 25.2 Å². The molecule has 5 nitrogen and oxygen atoms in total. The number of ether oxygens (including phenoxy) is 3. The molecule has 0 N–H and O–H groups in total. The lowest BCUT2D eigenvalue weighted by Gasteiger charge is -2.18. The number of carbonyl (C=O) groups excluding carboxylic acids is 2. The van der Waals surface area contributed by atoms with Gasteiger partial charge in [0.2, 0.25) is 0 Å². The molecular weight excluding hydrogens is 837 g/mol. The third-order valence-electron chi connectivity index (χ3n) is 11.2. The second kappa shape index (κ2) is 57.4. The van der Waals surface area contributed by atoms with E-state index in [0.717, 1.165) is 135 Å². The fourth-order valence-electron chi connectivity index (χ4n) is 7.10. The van der Waals surface area contributed by atoms with Crippen molar-refractivity contribution in [3.05, 3.63) is 134 Å². The van der Waals surface area contributed by atoms with Crippen molar-refractivity contribution in [3.63, 3.8) is 0 Å². The number of allylic oxidation sites excluding steroid dienone is 22. The molecule has 68 heavy (non-hydrogen) atoms. The summed E-state index contributed by atoms with van der Waals surface area (Å²) in [5, 5.41) is 0. The molecule has 0 saturated heterocycles. The summed E-state index contributed by atoms with van der Waals surface area (Å²) in [6.07, 6.45) is 81.9. The highest BCUT2D eigenvalue weighted by atomic mass is 16.6. The Morgan fingerprint density at radius 3 is 1.07 bits per heavy atom. The van der Waals surface area contributed by atoms with Gasteiger partial charge in [0.1, 0.15) is 6.61 Å². The van der Waals surface area contributed by atoms with E-state index < -0.39 is 6.10 Å². The van der Waals surface area contributed by atoms with E-state index in [1.807, 2.05) is 0 Å². The highest BCUT2D eigenvalue weighted by Crippen LogP contribution is 2.12. The molecule has 0 aromatic heterocycles. The predicted octanol–water partition coefficient (Wildman–Crippen LogP) is 19.1. The van der Waals surface area contributed by atoms with Crippen molar-refractivity contribution >= 4 is 11.9 Å². The van der Waals surface area contributed by atoms with Crippen LogP contribution in [0.25, 0.3) is 0 Å². The molecule has 384 valence electrons. The maximum atomic E-state index is 12.8. The monoisotopic (exact) mass is 939 g/mol. The van der Waals surface area contributed by atoms with Crippen LogP contribution in [0.4, 0.5) is 0 Å². The van der Waals surface area contributed by atoms with Crippen molar-refractivity contribution in [1.29, 1.82) is 0 Å². The van der Waals surface area contributed by atoms with Crippen molar-refractivity contribution in [2.45, 2.75) is 232 Å². The normalized spacial score (nSPS) is 13.3. The lowest BCUT2D eigenvalue weighted by atomic mass is 10.1. The van der Waals surface area contributed by atoms with Crippen LogP contribution in [-0.2, 0) is 23.8 Å². The van der Waals surface area contributed by atoms with Gasteiger partial charge in [0, 0.05) is 19.4 Å². The molecule has 0 aliphatic heterocycles. The molecule has 0 aliphatic carbocycles. The quantitative estimate of drug-likeness (QED) is 0.0345. The van der Waals surface area contributed by atoms with Crippen molar-refractivity contribution in [1.82, 2.24) is 0 Å². The van der Waals surface area contributed by atoms with E-state index in [0.29, 0.717) is 19.4 Å². The van der Waals surface area contributed by atoms with Crippen molar-refractivity contribution in [2.24, 2.45) is 0 Å². The Labute approximate surface area is 419 Å². The molecule has 0 fully saturated rings. The van der Waals surface area contributed by atoms with Gasteiger partial charge >= 0.3 is 11.9 Å². The highest BCUT2D eigenvalue weighted by Gasteiger charge is 2.17. The lowest BCUT2D eigenvalue weighted by Crippen LogP contribution is -2.30. The number of rotatable bonds is 49. The van der Waals surface area contributed by atoms with E-state index in [1.54, 1.807) is 0 Å². The smallest absolute Gasteiger partial charge is 0.306 e. The molecule has 0 aromatic carbocycles. The Balaban J connectivity index is 4.46. The summed E-state index contributed by atoms with van der Waals surface area (Å²) in [6.45, 7) is 7.41. The molecule has 0 spiro atoms. The summed E-state index contributed by atoms with van der Waals surface area (Å²) in [4.78, 5) is 25.5. The molecule has 0 saturated carbocycles. The maximum Gasteiger partial charge on any atom is 0.306 e. The van der Waals surface area contributed by atoms with E-state index in [1.165, 1.54) is 57.8 Å². The number of unbranched alkanes of at least 4 members (excludes halogenated alkanes) is 16. The maximum absolute atomic E-state index is 12.8. The zero-order chi connectivity index (χ0) is 49.2. The Bertz CT molecular complexity index is 1430. The van der Waals surface area contributed by atoms with Crippen molar-refractivity contribution in [3.8, 4) is 0 Å². The first-order chi connectivity index (χ1) is 33.6. The van der Waals surface area contributed by atoms with Gasteiger partial charge in [-0.15, -0.1) is 0 Å². The van der Waals surface area contributed by atoms with Gasteiger partial charge in [-0.2, -0.15) is 0 Å². The highest BCUT2D eigenvalue weighted by molar-refractivity contribution is 5.70. The summed E-state index contributed by atoms with van der Waals surface area (Å²) < 4.78 is 17.4. The molecule has 1 atom stereocenters.